The maximum atomic E-state index is 12.9. The second-order valence-electron chi connectivity index (χ2n) is 6.64. The molecule has 2 saturated heterocycles. The summed E-state index contributed by atoms with van der Waals surface area (Å²) in [7, 11) is 0. The highest BCUT2D eigenvalue weighted by molar-refractivity contribution is 5.91. The van der Waals surface area contributed by atoms with Crippen molar-refractivity contribution in [1.82, 2.24) is 19.8 Å². The van der Waals surface area contributed by atoms with Crippen LogP contribution in [0.4, 0.5) is 0 Å². The van der Waals surface area contributed by atoms with Crippen molar-refractivity contribution < 1.29 is 19.4 Å². The number of imidazole rings is 1. The molecular formula is C17H28Cl2N4O4. The van der Waals surface area contributed by atoms with Gasteiger partial charge in [0.1, 0.15) is 6.61 Å². The molecule has 1 amide bonds. The quantitative estimate of drug-likeness (QED) is 0.728. The molecule has 0 unspecified atom stereocenters. The molecule has 0 radical (unpaired) electrons. The van der Waals surface area contributed by atoms with Crippen LogP contribution in [0.25, 0.3) is 0 Å². The Morgan fingerprint density at radius 1 is 1.19 bits per heavy atom. The molecule has 27 heavy (non-hydrogen) atoms. The van der Waals surface area contributed by atoms with Crippen LogP contribution in [-0.4, -0.2) is 64.2 Å². The molecule has 2 aliphatic heterocycles. The maximum absolute atomic E-state index is 12.9. The topological polar surface area (TPSA) is 96.7 Å². The van der Waals surface area contributed by atoms with E-state index in [0.29, 0.717) is 11.7 Å². The van der Waals surface area contributed by atoms with Crippen molar-refractivity contribution in [2.75, 3.05) is 32.8 Å². The number of piperidine rings is 2. The van der Waals surface area contributed by atoms with Crippen LogP contribution in [0.2, 0.25) is 0 Å². The number of hydrogen-bond donors (Lipinski definition) is 2. The van der Waals surface area contributed by atoms with Gasteiger partial charge in [-0.05, 0) is 45.2 Å². The van der Waals surface area contributed by atoms with Gasteiger partial charge in [0.25, 0.3) is 5.91 Å². The zero-order valence-electron chi connectivity index (χ0n) is 15.3. The number of carbonyl (C=O) groups is 2. The minimum absolute atomic E-state index is 0. The van der Waals surface area contributed by atoms with Crippen molar-refractivity contribution in [3.05, 3.63) is 12.0 Å². The summed E-state index contributed by atoms with van der Waals surface area (Å²) in [6.45, 7) is 3.42. The summed E-state index contributed by atoms with van der Waals surface area (Å²) >= 11 is 0. The number of carboxylic acids is 1. The number of aromatic nitrogens is 2. The molecule has 1 aromatic heterocycles. The molecule has 0 bridgehead atoms. The summed E-state index contributed by atoms with van der Waals surface area (Å²) < 4.78 is 7.41. The molecule has 3 rings (SSSR count). The number of nitrogens with one attached hydrogen (secondary N) is 1. The minimum Gasteiger partial charge on any atom is -0.481 e. The van der Waals surface area contributed by atoms with Crippen molar-refractivity contribution >= 4 is 36.7 Å². The average Bonchev–Trinajstić information content (AvgIpc) is 3.06. The molecule has 2 N–H and O–H groups in total. The van der Waals surface area contributed by atoms with Gasteiger partial charge < -0.3 is 24.6 Å². The number of amides is 1. The highest BCUT2D eigenvalue weighted by atomic mass is 35.5. The third kappa shape index (κ3) is 6.26. The van der Waals surface area contributed by atoms with Crippen LogP contribution >= 0.6 is 24.8 Å². The van der Waals surface area contributed by atoms with Crippen LogP contribution < -0.4 is 10.1 Å². The fourth-order valence-corrected chi connectivity index (χ4v) is 3.44. The number of ether oxygens (including phenoxy) is 1. The Kier molecular flexibility index (Phi) is 9.90. The van der Waals surface area contributed by atoms with Gasteiger partial charge in [-0.2, -0.15) is 4.98 Å². The predicted molar refractivity (Wildman–Crippen MR) is 105 cm³/mol. The molecule has 0 aromatic carbocycles. The van der Waals surface area contributed by atoms with Gasteiger partial charge in [-0.1, -0.05) is 0 Å². The minimum atomic E-state index is -0.914. The number of rotatable bonds is 6. The van der Waals surface area contributed by atoms with Gasteiger partial charge in [-0.25, -0.2) is 0 Å². The average molecular weight is 423 g/mol. The first-order chi connectivity index (χ1) is 12.1. The summed E-state index contributed by atoms with van der Waals surface area (Å²) in [6.07, 6.45) is 6.76. The number of hydrogen-bond acceptors (Lipinski definition) is 5. The van der Waals surface area contributed by atoms with Gasteiger partial charge in [0.15, 0.2) is 0 Å². The SMILES string of the molecule is Cl.Cl.O=C(O)CCOc1cn(C2CCNCC2)c(C(=O)N2CCCCC2)n1. The lowest BCUT2D eigenvalue weighted by atomic mass is 10.1. The first-order valence-corrected chi connectivity index (χ1v) is 9.08. The molecular weight excluding hydrogens is 395 g/mol. The Morgan fingerprint density at radius 2 is 1.85 bits per heavy atom. The van der Waals surface area contributed by atoms with Gasteiger partial charge in [-0.15, -0.1) is 24.8 Å². The molecule has 3 heterocycles. The highest BCUT2D eigenvalue weighted by Gasteiger charge is 2.27. The first-order valence-electron chi connectivity index (χ1n) is 9.08. The van der Waals surface area contributed by atoms with E-state index in [-0.39, 0.29) is 49.8 Å². The summed E-state index contributed by atoms with van der Waals surface area (Å²) in [6, 6.07) is 0.217. The molecule has 0 spiro atoms. The number of carbonyl (C=O) groups excluding carboxylic acids is 1. The molecule has 1 aromatic rings. The molecule has 0 atom stereocenters. The van der Waals surface area contributed by atoms with Gasteiger partial charge in [-0.3, -0.25) is 9.59 Å². The lowest BCUT2D eigenvalue weighted by molar-refractivity contribution is -0.137. The number of carboxylic acid groups (broad SMARTS) is 1. The molecule has 2 aliphatic rings. The van der Waals surface area contributed by atoms with Crippen molar-refractivity contribution in [3.63, 3.8) is 0 Å². The zero-order valence-corrected chi connectivity index (χ0v) is 16.9. The summed E-state index contributed by atoms with van der Waals surface area (Å²) in [5.41, 5.74) is 0. The Morgan fingerprint density at radius 3 is 2.48 bits per heavy atom. The first kappa shape index (κ1) is 23.5. The van der Waals surface area contributed by atoms with Crippen LogP contribution in [0, 0.1) is 0 Å². The second kappa shape index (κ2) is 11.4. The Hall–Kier alpha value is -1.51. The summed E-state index contributed by atoms with van der Waals surface area (Å²) in [4.78, 5) is 29.8. The fourth-order valence-electron chi connectivity index (χ4n) is 3.44. The van der Waals surface area contributed by atoms with Crippen LogP contribution in [0.15, 0.2) is 6.20 Å². The van der Waals surface area contributed by atoms with Crippen molar-refractivity contribution in [1.29, 1.82) is 0 Å². The van der Waals surface area contributed by atoms with E-state index in [9.17, 15) is 9.59 Å². The standard InChI is InChI=1S/C17H26N4O4.2ClH/c22-15(23)6-11-25-14-12-21(13-4-7-18-8-5-13)16(19-14)17(24)20-9-2-1-3-10-20;;/h12-13,18H,1-11H2,(H,22,23);2*1H. The third-order valence-electron chi connectivity index (χ3n) is 4.81. The molecule has 2 fully saturated rings. The number of aliphatic carboxylic acids is 1. The predicted octanol–water partition coefficient (Wildman–Crippen LogP) is 2.13. The molecule has 0 aliphatic carbocycles. The molecule has 0 saturated carbocycles. The van der Waals surface area contributed by atoms with E-state index in [1.807, 2.05) is 9.47 Å². The maximum Gasteiger partial charge on any atom is 0.306 e. The van der Waals surface area contributed by atoms with E-state index in [0.717, 1.165) is 58.3 Å². The van der Waals surface area contributed by atoms with E-state index < -0.39 is 5.97 Å². The Balaban J connectivity index is 0.00000182. The Bertz CT molecular complexity index is 614. The van der Waals surface area contributed by atoms with E-state index >= 15 is 0 Å². The van der Waals surface area contributed by atoms with Crippen LogP contribution in [0.1, 0.15) is 55.2 Å². The van der Waals surface area contributed by atoms with E-state index in [2.05, 4.69) is 10.3 Å². The smallest absolute Gasteiger partial charge is 0.306 e. The summed E-state index contributed by atoms with van der Waals surface area (Å²) in [5.74, 6) is -0.215. The number of likely N-dealkylation sites (tertiary alicyclic amines) is 1. The fraction of sp³-hybridized carbons (Fsp3) is 0.706. The van der Waals surface area contributed by atoms with E-state index in [1.165, 1.54) is 0 Å². The zero-order chi connectivity index (χ0) is 17.6. The van der Waals surface area contributed by atoms with Crippen LogP contribution in [0.3, 0.4) is 0 Å². The van der Waals surface area contributed by atoms with Crippen LogP contribution in [-0.2, 0) is 4.79 Å². The monoisotopic (exact) mass is 422 g/mol. The van der Waals surface area contributed by atoms with Crippen molar-refractivity contribution in [2.45, 2.75) is 44.6 Å². The lowest BCUT2D eigenvalue weighted by Gasteiger charge is -2.29. The number of halogens is 2. The largest absolute Gasteiger partial charge is 0.481 e. The van der Waals surface area contributed by atoms with Crippen molar-refractivity contribution in [2.24, 2.45) is 0 Å². The van der Waals surface area contributed by atoms with E-state index in [1.54, 1.807) is 6.20 Å². The highest BCUT2D eigenvalue weighted by Crippen LogP contribution is 2.25. The lowest BCUT2D eigenvalue weighted by Crippen LogP contribution is -2.38. The molecule has 154 valence electrons. The Labute approximate surface area is 171 Å². The number of nitrogens with zero attached hydrogens (tertiary/aromatic N) is 3. The van der Waals surface area contributed by atoms with Crippen LogP contribution in [0.5, 0.6) is 5.88 Å². The van der Waals surface area contributed by atoms with Gasteiger partial charge >= 0.3 is 5.97 Å². The van der Waals surface area contributed by atoms with Gasteiger partial charge in [0.05, 0.1) is 12.6 Å². The van der Waals surface area contributed by atoms with Gasteiger partial charge in [0.2, 0.25) is 11.7 Å². The van der Waals surface area contributed by atoms with E-state index in [4.69, 9.17) is 9.84 Å². The third-order valence-corrected chi connectivity index (χ3v) is 4.81. The molecule has 8 nitrogen and oxygen atoms in total. The second-order valence-corrected chi connectivity index (χ2v) is 6.64. The van der Waals surface area contributed by atoms with Crippen molar-refractivity contribution in [3.8, 4) is 5.88 Å². The van der Waals surface area contributed by atoms with Gasteiger partial charge in [0, 0.05) is 19.1 Å². The molecule has 10 heteroatoms. The normalized spacial score (nSPS) is 17.6. The summed E-state index contributed by atoms with van der Waals surface area (Å²) in [5, 5.41) is 12.1.